The summed E-state index contributed by atoms with van der Waals surface area (Å²) in [6.45, 7) is 2.26. The number of carbonyl (C=O) groups is 1. The molecule has 1 aliphatic rings. The Morgan fingerprint density at radius 3 is 2.36 bits per heavy atom. The Kier molecular flexibility index (Phi) is 7.19. The van der Waals surface area contributed by atoms with Crippen molar-refractivity contribution in [2.75, 3.05) is 0 Å². The van der Waals surface area contributed by atoms with E-state index in [1.165, 1.54) is 28.8 Å². The van der Waals surface area contributed by atoms with E-state index in [1.54, 1.807) is 6.07 Å². The van der Waals surface area contributed by atoms with E-state index in [0.29, 0.717) is 11.8 Å². The molecule has 0 radical (unpaired) electrons. The number of hydrogen-bond acceptors (Lipinski definition) is 3. The first-order valence-electron chi connectivity index (χ1n) is 11.6. The van der Waals surface area contributed by atoms with Crippen LogP contribution in [0.4, 0.5) is 4.39 Å². The number of ether oxygens (including phenoxy) is 1. The lowest BCUT2D eigenvalue weighted by atomic mass is 9.78. The fourth-order valence-electron chi connectivity index (χ4n) is 4.69. The molecule has 168 valence electrons. The number of nitriles is 1. The second-order valence-corrected chi connectivity index (χ2v) is 8.98. The highest BCUT2D eigenvalue weighted by Crippen LogP contribution is 2.37. The predicted molar refractivity (Wildman–Crippen MR) is 126 cm³/mol. The molecule has 0 amide bonds. The smallest absolute Gasteiger partial charge is 0.314 e. The topological polar surface area (TPSA) is 50.1 Å². The Labute approximate surface area is 194 Å². The van der Waals surface area contributed by atoms with Gasteiger partial charge in [0.05, 0.1) is 11.5 Å². The molecule has 3 nitrogen and oxygen atoms in total. The molecule has 0 bridgehead atoms. The minimum atomic E-state index is -0.673. The summed E-state index contributed by atoms with van der Waals surface area (Å²) < 4.78 is 19.1. The van der Waals surface area contributed by atoms with E-state index >= 15 is 0 Å². The highest BCUT2D eigenvalue weighted by atomic mass is 19.1. The Hall–Kier alpha value is -3.45. The molecule has 0 saturated heterocycles. The standard InChI is InChI=1S/C29H28FNO2/c1-20(22-5-3-2-4-6-22)17-21-7-9-23(10-8-21)24-11-13-25(14-12-24)29(32)33-27-16-15-26(19-31)28(30)18-27/h2-10,15-16,18,20,24-25H,11-14,17H2,1H3/t20-,24?,25?/m0/s1. The van der Waals surface area contributed by atoms with Crippen molar-refractivity contribution < 1.29 is 13.9 Å². The van der Waals surface area contributed by atoms with Gasteiger partial charge in [-0.05, 0) is 72.8 Å². The van der Waals surface area contributed by atoms with Crippen LogP contribution < -0.4 is 4.74 Å². The molecule has 0 N–H and O–H groups in total. The summed E-state index contributed by atoms with van der Waals surface area (Å²) >= 11 is 0. The van der Waals surface area contributed by atoms with Crippen LogP contribution in [0.1, 0.15) is 66.7 Å². The molecule has 0 unspecified atom stereocenters. The minimum Gasteiger partial charge on any atom is -0.426 e. The van der Waals surface area contributed by atoms with Crippen LogP contribution >= 0.6 is 0 Å². The molecule has 0 heterocycles. The zero-order valence-corrected chi connectivity index (χ0v) is 18.8. The van der Waals surface area contributed by atoms with Gasteiger partial charge >= 0.3 is 5.97 Å². The van der Waals surface area contributed by atoms with Gasteiger partial charge in [0.25, 0.3) is 0 Å². The number of hydrogen-bond donors (Lipinski definition) is 0. The Balaban J connectivity index is 1.29. The largest absolute Gasteiger partial charge is 0.426 e. The maximum absolute atomic E-state index is 13.8. The molecular weight excluding hydrogens is 413 g/mol. The average Bonchev–Trinajstić information content (AvgIpc) is 2.85. The lowest BCUT2D eigenvalue weighted by Crippen LogP contribution is -2.25. The summed E-state index contributed by atoms with van der Waals surface area (Å²) in [4.78, 5) is 12.5. The summed E-state index contributed by atoms with van der Waals surface area (Å²) in [7, 11) is 0. The van der Waals surface area contributed by atoms with E-state index in [-0.39, 0.29) is 23.2 Å². The molecule has 1 aliphatic carbocycles. The van der Waals surface area contributed by atoms with Crippen molar-refractivity contribution in [1.29, 1.82) is 5.26 Å². The van der Waals surface area contributed by atoms with Crippen LogP contribution in [0.25, 0.3) is 0 Å². The summed E-state index contributed by atoms with van der Waals surface area (Å²) in [5, 5.41) is 8.82. The minimum absolute atomic E-state index is 0.0594. The molecular formula is C29H28FNO2. The zero-order chi connectivity index (χ0) is 23.2. The summed E-state index contributed by atoms with van der Waals surface area (Å²) in [5.74, 6) is -0.0918. The van der Waals surface area contributed by atoms with Gasteiger partial charge in [0.1, 0.15) is 17.6 Å². The van der Waals surface area contributed by atoms with Crippen LogP contribution in [0, 0.1) is 23.1 Å². The van der Waals surface area contributed by atoms with Gasteiger partial charge in [0.15, 0.2) is 0 Å². The number of esters is 1. The Morgan fingerprint density at radius 2 is 1.73 bits per heavy atom. The van der Waals surface area contributed by atoms with Crippen LogP contribution in [0.3, 0.4) is 0 Å². The van der Waals surface area contributed by atoms with Crippen molar-refractivity contribution in [3.8, 4) is 11.8 Å². The van der Waals surface area contributed by atoms with Crippen LogP contribution in [0.5, 0.6) is 5.75 Å². The lowest BCUT2D eigenvalue weighted by Gasteiger charge is -2.27. The molecule has 4 heteroatoms. The van der Waals surface area contributed by atoms with Crippen LogP contribution in [0.15, 0.2) is 72.8 Å². The molecule has 0 aliphatic heterocycles. The number of carbonyl (C=O) groups excluding carboxylic acids is 1. The Morgan fingerprint density at radius 1 is 1.03 bits per heavy atom. The second kappa shape index (κ2) is 10.4. The third-order valence-corrected chi connectivity index (χ3v) is 6.70. The van der Waals surface area contributed by atoms with Crippen LogP contribution in [0.2, 0.25) is 0 Å². The number of halogens is 1. The van der Waals surface area contributed by atoms with Gasteiger partial charge in [-0.1, -0.05) is 61.5 Å². The van der Waals surface area contributed by atoms with Gasteiger partial charge < -0.3 is 4.74 Å². The molecule has 1 saturated carbocycles. The predicted octanol–water partition coefficient (Wildman–Crippen LogP) is 6.92. The highest BCUT2D eigenvalue weighted by molar-refractivity contribution is 5.75. The molecule has 3 aromatic rings. The monoisotopic (exact) mass is 441 g/mol. The third kappa shape index (κ3) is 5.68. The van der Waals surface area contributed by atoms with Crippen molar-refractivity contribution in [2.24, 2.45) is 5.92 Å². The maximum atomic E-state index is 13.8. The molecule has 1 atom stereocenters. The van der Waals surface area contributed by atoms with E-state index in [0.717, 1.165) is 38.2 Å². The van der Waals surface area contributed by atoms with Crippen molar-refractivity contribution in [3.05, 3.63) is 101 Å². The number of nitrogens with zero attached hydrogens (tertiary/aromatic N) is 1. The van der Waals surface area contributed by atoms with Crippen molar-refractivity contribution in [2.45, 2.75) is 50.9 Å². The summed E-state index contributed by atoms with van der Waals surface area (Å²) in [6, 6.07) is 25.2. The van der Waals surface area contributed by atoms with E-state index < -0.39 is 5.82 Å². The van der Waals surface area contributed by atoms with E-state index in [4.69, 9.17) is 10.00 Å². The van der Waals surface area contributed by atoms with Gasteiger partial charge in [0, 0.05) is 6.07 Å². The van der Waals surface area contributed by atoms with E-state index in [9.17, 15) is 9.18 Å². The second-order valence-electron chi connectivity index (χ2n) is 8.98. The molecule has 33 heavy (non-hydrogen) atoms. The molecule has 3 aromatic carbocycles. The van der Waals surface area contributed by atoms with Crippen molar-refractivity contribution >= 4 is 5.97 Å². The average molecular weight is 442 g/mol. The molecule has 0 spiro atoms. The maximum Gasteiger partial charge on any atom is 0.314 e. The van der Waals surface area contributed by atoms with Gasteiger partial charge in [-0.3, -0.25) is 4.79 Å². The highest BCUT2D eigenvalue weighted by Gasteiger charge is 2.28. The van der Waals surface area contributed by atoms with Crippen molar-refractivity contribution in [1.82, 2.24) is 0 Å². The van der Waals surface area contributed by atoms with Gasteiger partial charge in [0.2, 0.25) is 0 Å². The fraction of sp³-hybridized carbons (Fsp3) is 0.310. The van der Waals surface area contributed by atoms with Crippen LogP contribution in [-0.4, -0.2) is 5.97 Å². The SMILES string of the molecule is C[C@@H](Cc1ccc(C2CCC(C(=O)Oc3ccc(C#N)c(F)c3)CC2)cc1)c1ccccc1. The summed E-state index contributed by atoms with van der Waals surface area (Å²) in [6.07, 6.45) is 4.39. The number of benzene rings is 3. The Bertz CT molecular complexity index is 1130. The van der Waals surface area contributed by atoms with Gasteiger partial charge in [-0.15, -0.1) is 0 Å². The normalized spacial score (nSPS) is 18.8. The van der Waals surface area contributed by atoms with E-state index in [2.05, 4.69) is 55.5 Å². The first kappa shape index (κ1) is 22.7. The van der Waals surface area contributed by atoms with E-state index in [1.807, 2.05) is 6.07 Å². The zero-order valence-electron chi connectivity index (χ0n) is 18.8. The third-order valence-electron chi connectivity index (χ3n) is 6.70. The molecule has 1 fully saturated rings. The fourth-order valence-corrected chi connectivity index (χ4v) is 4.69. The van der Waals surface area contributed by atoms with Gasteiger partial charge in [-0.25, -0.2) is 4.39 Å². The molecule has 0 aromatic heterocycles. The quantitative estimate of drug-likeness (QED) is 0.308. The van der Waals surface area contributed by atoms with Crippen LogP contribution in [-0.2, 0) is 11.2 Å². The number of rotatable bonds is 6. The summed E-state index contributed by atoms with van der Waals surface area (Å²) in [5.41, 5.74) is 3.96. The molecule has 4 rings (SSSR count). The van der Waals surface area contributed by atoms with Gasteiger partial charge in [-0.2, -0.15) is 5.26 Å². The van der Waals surface area contributed by atoms with Crippen molar-refractivity contribution in [3.63, 3.8) is 0 Å². The lowest BCUT2D eigenvalue weighted by molar-refractivity contribution is -0.140. The first-order valence-corrected chi connectivity index (χ1v) is 11.6. The first-order chi connectivity index (χ1) is 16.0.